The van der Waals surface area contributed by atoms with Gasteiger partial charge in [-0.25, -0.2) is 4.79 Å². The van der Waals surface area contributed by atoms with Crippen molar-refractivity contribution in [3.63, 3.8) is 0 Å². The molecular weight excluding hydrogens is 212 g/mol. The summed E-state index contributed by atoms with van der Waals surface area (Å²) in [4.78, 5) is 11.5. The molecule has 0 heterocycles. The molecule has 2 heteroatoms. The number of methoxy groups -OCH3 is 1. The highest BCUT2D eigenvalue weighted by Crippen LogP contribution is 2.61. The van der Waals surface area contributed by atoms with Gasteiger partial charge in [-0.05, 0) is 68.6 Å². The maximum absolute atomic E-state index is 11.5. The Hall–Kier alpha value is -0.790. The fourth-order valence-corrected chi connectivity index (χ4v) is 4.87. The summed E-state index contributed by atoms with van der Waals surface area (Å²) in [6.45, 7) is 1.90. The first-order valence-electron chi connectivity index (χ1n) is 6.97. The minimum atomic E-state index is -0.156. The molecular formula is C15H22O2. The lowest BCUT2D eigenvalue weighted by molar-refractivity contribution is -0.136. The second-order valence-electron chi connectivity index (χ2n) is 6.16. The Morgan fingerprint density at radius 2 is 1.94 bits per heavy atom. The molecule has 3 aliphatic rings. The maximum Gasteiger partial charge on any atom is 0.333 e. The summed E-state index contributed by atoms with van der Waals surface area (Å²) in [6, 6.07) is 0. The topological polar surface area (TPSA) is 26.3 Å². The number of rotatable bonds is 2. The average Bonchev–Trinajstić information content (AvgIpc) is 3.00. The van der Waals surface area contributed by atoms with Gasteiger partial charge in [0.1, 0.15) is 0 Å². The van der Waals surface area contributed by atoms with Gasteiger partial charge in [-0.3, -0.25) is 0 Å². The van der Waals surface area contributed by atoms with E-state index in [9.17, 15) is 4.79 Å². The van der Waals surface area contributed by atoms with Crippen molar-refractivity contribution < 1.29 is 9.53 Å². The molecule has 0 spiro atoms. The summed E-state index contributed by atoms with van der Waals surface area (Å²) in [5, 5.41) is 0. The van der Waals surface area contributed by atoms with E-state index in [0.29, 0.717) is 5.92 Å². The number of allylic oxidation sites excluding steroid dienone is 1. The number of hydrogen-bond donors (Lipinski definition) is 0. The summed E-state index contributed by atoms with van der Waals surface area (Å²) in [7, 11) is 1.47. The Bertz CT molecular complexity index is 358. The predicted molar refractivity (Wildman–Crippen MR) is 66.3 cm³/mol. The van der Waals surface area contributed by atoms with Crippen LogP contribution >= 0.6 is 0 Å². The SMILES string of the molecule is COC(=O)/C(C)=C/C1CCC2C3CCC(C3)C12. The molecule has 3 aliphatic carbocycles. The lowest BCUT2D eigenvalue weighted by atomic mass is 9.77. The van der Waals surface area contributed by atoms with Crippen LogP contribution in [0.3, 0.4) is 0 Å². The fraction of sp³-hybridized carbons (Fsp3) is 0.800. The highest BCUT2D eigenvalue weighted by atomic mass is 16.5. The molecule has 17 heavy (non-hydrogen) atoms. The highest BCUT2D eigenvalue weighted by Gasteiger charge is 2.52. The van der Waals surface area contributed by atoms with E-state index in [1.807, 2.05) is 6.92 Å². The lowest BCUT2D eigenvalue weighted by Gasteiger charge is -2.27. The van der Waals surface area contributed by atoms with Crippen LogP contribution in [0, 0.1) is 29.6 Å². The molecule has 0 aromatic heterocycles. The van der Waals surface area contributed by atoms with Crippen molar-refractivity contribution >= 4 is 5.97 Å². The summed E-state index contributed by atoms with van der Waals surface area (Å²) in [5.74, 6) is 4.32. The quantitative estimate of drug-likeness (QED) is 0.542. The third-order valence-corrected chi connectivity index (χ3v) is 5.46. The molecule has 0 amide bonds. The zero-order valence-electron chi connectivity index (χ0n) is 10.8. The average molecular weight is 234 g/mol. The smallest absolute Gasteiger partial charge is 0.333 e. The molecule has 3 fully saturated rings. The van der Waals surface area contributed by atoms with Crippen LogP contribution in [0.4, 0.5) is 0 Å². The second kappa shape index (κ2) is 4.15. The number of carbonyl (C=O) groups excluding carboxylic acids is 1. The lowest BCUT2D eigenvalue weighted by Crippen LogP contribution is -2.21. The largest absolute Gasteiger partial charge is 0.466 e. The van der Waals surface area contributed by atoms with Gasteiger partial charge in [-0.1, -0.05) is 6.08 Å². The third-order valence-electron chi connectivity index (χ3n) is 5.46. The zero-order chi connectivity index (χ0) is 12.0. The van der Waals surface area contributed by atoms with E-state index in [1.54, 1.807) is 0 Å². The normalized spacial score (nSPS) is 43.9. The molecule has 3 rings (SSSR count). The van der Waals surface area contributed by atoms with Crippen LogP contribution in [-0.4, -0.2) is 13.1 Å². The van der Waals surface area contributed by atoms with Gasteiger partial charge in [0.2, 0.25) is 0 Å². The molecule has 3 saturated carbocycles. The minimum Gasteiger partial charge on any atom is -0.466 e. The van der Waals surface area contributed by atoms with E-state index in [4.69, 9.17) is 4.74 Å². The van der Waals surface area contributed by atoms with Gasteiger partial charge in [-0.2, -0.15) is 0 Å². The summed E-state index contributed by atoms with van der Waals surface area (Å²) in [5.41, 5.74) is 0.806. The fourth-order valence-electron chi connectivity index (χ4n) is 4.87. The number of fused-ring (bicyclic) bond motifs is 5. The molecule has 5 atom stereocenters. The van der Waals surface area contributed by atoms with Crippen molar-refractivity contribution in [3.8, 4) is 0 Å². The minimum absolute atomic E-state index is 0.156. The van der Waals surface area contributed by atoms with Crippen molar-refractivity contribution in [1.82, 2.24) is 0 Å². The molecule has 0 saturated heterocycles. The van der Waals surface area contributed by atoms with E-state index in [-0.39, 0.29) is 5.97 Å². The Morgan fingerprint density at radius 3 is 2.71 bits per heavy atom. The van der Waals surface area contributed by atoms with Crippen LogP contribution in [0.1, 0.15) is 39.0 Å². The number of ether oxygens (including phenoxy) is 1. The Balaban J connectivity index is 1.75. The molecule has 0 aliphatic heterocycles. The summed E-state index contributed by atoms with van der Waals surface area (Å²) in [6.07, 6.45) is 9.26. The summed E-state index contributed by atoms with van der Waals surface area (Å²) >= 11 is 0. The van der Waals surface area contributed by atoms with Crippen molar-refractivity contribution in [2.45, 2.75) is 39.0 Å². The van der Waals surface area contributed by atoms with Crippen LogP contribution in [0.2, 0.25) is 0 Å². The molecule has 2 bridgehead atoms. The van der Waals surface area contributed by atoms with Crippen LogP contribution in [0.25, 0.3) is 0 Å². The van der Waals surface area contributed by atoms with E-state index >= 15 is 0 Å². The number of esters is 1. The van der Waals surface area contributed by atoms with Gasteiger partial charge in [0.15, 0.2) is 0 Å². The monoisotopic (exact) mass is 234 g/mol. The standard InChI is InChI=1S/C15H22O2/c1-9(15(16)17-2)7-11-5-6-13-10-3-4-12(8-10)14(11)13/h7,10-14H,3-6,8H2,1-2H3/b9-7+. The molecule has 0 aromatic rings. The Morgan fingerprint density at radius 1 is 1.18 bits per heavy atom. The van der Waals surface area contributed by atoms with E-state index in [1.165, 1.54) is 39.2 Å². The van der Waals surface area contributed by atoms with E-state index in [2.05, 4.69) is 6.08 Å². The summed E-state index contributed by atoms with van der Waals surface area (Å²) < 4.78 is 4.79. The van der Waals surface area contributed by atoms with Crippen LogP contribution < -0.4 is 0 Å². The first-order chi connectivity index (χ1) is 8.20. The number of carbonyl (C=O) groups is 1. The zero-order valence-corrected chi connectivity index (χ0v) is 10.8. The third kappa shape index (κ3) is 1.73. The second-order valence-corrected chi connectivity index (χ2v) is 6.16. The van der Waals surface area contributed by atoms with Gasteiger partial charge >= 0.3 is 5.97 Å². The Labute approximate surface area is 103 Å². The Kier molecular flexibility index (Phi) is 2.76. The van der Waals surface area contributed by atoms with E-state index in [0.717, 1.165) is 29.2 Å². The van der Waals surface area contributed by atoms with Gasteiger partial charge in [0.25, 0.3) is 0 Å². The first kappa shape index (κ1) is 11.3. The van der Waals surface area contributed by atoms with Gasteiger partial charge in [0, 0.05) is 5.57 Å². The van der Waals surface area contributed by atoms with Crippen LogP contribution in [0.15, 0.2) is 11.6 Å². The van der Waals surface area contributed by atoms with Gasteiger partial charge in [-0.15, -0.1) is 0 Å². The first-order valence-corrected chi connectivity index (χ1v) is 6.97. The van der Waals surface area contributed by atoms with Crippen molar-refractivity contribution in [1.29, 1.82) is 0 Å². The van der Waals surface area contributed by atoms with Crippen molar-refractivity contribution in [3.05, 3.63) is 11.6 Å². The van der Waals surface area contributed by atoms with Crippen LogP contribution in [0.5, 0.6) is 0 Å². The maximum atomic E-state index is 11.5. The van der Waals surface area contributed by atoms with Crippen molar-refractivity contribution in [2.24, 2.45) is 29.6 Å². The van der Waals surface area contributed by atoms with E-state index < -0.39 is 0 Å². The van der Waals surface area contributed by atoms with Gasteiger partial charge < -0.3 is 4.74 Å². The highest BCUT2D eigenvalue weighted by molar-refractivity contribution is 5.87. The number of hydrogen-bond acceptors (Lipinski definition) is 2. The molecule has 0 radical (unpaired) electrons. The molecule has 94 valence electrons. The molecule has 2 nitrogen and oxygen atoms in total. The van der Waals surface area contributed by atoms with Crippen molar-refractivity contribution in [2.75, 3.05) is 7.11 Å². The predicted octanol–water partition coefficient (Wildman–Crippen LogP) is 3.18. The van der Waals surface area contributed by atoms with Crippen LogP contribution in [-0.2, 0) is 9.53 Å². The van der Waals surface area contributed by atoms with Gasteiger partial charge in [0.05, 0.1) is 7.11 Å². The molecule has 0 N–H and O–H groups in total. The molecule has 5 unspecified atom stereocenters. The molecule has 0 aromatic carbocycles.